The summed E-state index contributed by atoms with van der Waals surface area (Å²) in [6, 6.07) is 81.6. The van der Waals surface area contributed by atoms with Gasteiger partial charge in [-0.3, -0.25) is 0 Å². The summed E-state index contributed by atoms with van der Waals surface area (Å²) < 4.78 is 6.72. The fraction of sp³-hybridized carbons (Fsp3) is 0.0492. The van der Waals surface area contributed by atoms with Crippen LogP contribution in [0.5, 0.6) is 0 Å². The molecule has 0 N–H and O–H groups in total. The van der Waals surface area contributed by atoms with E-state index in [0.717, 1.165) is 66.8 Å². The first kappa shape index (κ1) is 36.9. The van der Waals surface area contributed by atoms with E-state index in [2.05, 4.69) is 237 Å². The first-order valence-electron chi connectivity index (χ1n) is 21.8. The summed E-state index contributed by atoms with van der Waals surface area (Å²) in [5.41, 5.74) is 19.5. The minimum atomic E-state index is -0.128. The third-order valence-electron chi connectivity index (χ3n) is 13.3. The maximum absolute atomic E-state index is 6.72. The van der Waals surface area contributed by atoms with Crippen LogP contribution in [0.2, 0.25) is 0 Å². The van der Waals surface area contributed by atoms with Gasteiger partial charge in [0.2, 0.25) is 0 Å². The zero-order valence-electron chi connectivity index (χ0n) is 35.2. The quantitative estimate of drug-likeness (QED) is 0.160. The highest BCUT2D eigenvalue weighted by molar-refractivity contribution is 6.11. The SMILES string of the molecule is CC1(C)c2ccccc2-c2cccc(-c3ccc(N(c4cc(-c5cccc6ccccc56)ccc4-c4ccccc4)c4ccccc4-c4cccc5c4oc4ccccc45)cc3)c21. The van der Waals surface area contributed by atoms with Gasteiger partial charge in [0, 0.05) is 38.6 Å². The molecule has 0 aliphatic heterocycles. The number of fused-ring (bicyclic) bond motifs is 7. The van der Waals surface area contributed by atoms with Gasteiger partial charge in [-0.2, -0.15) is 0 Å². The van der Waals surface area contributed by atoms with Crippen molar-refractivity contribution in [1.29, 1.82) is 0 Å². The van der Waals surface area contributed by atoms with Gasteiger partial charge in [0.1, 0.15) is 11.2 Å². The lowest BCUT2D eigenvalue weighted by atomic mass is 9.79. The molecule has 0 bridgehead atoms. The average Bonchev–Trinajstić information content (AvgIpc) is 3.84. The topological polar surface area (TPSA) is 16.4 Å². The van der Waals surface area contributed by atoms with Crippen LogP contribution in [0.4, 0.5) is 17.1 Å². The second-order valence-electron chi connectivity index (χ2n) is 17.2. The van der Waals surface area contributed by atoms with Gasteiger partial charge >= 0.3 is 0 Å². The van der Waals surface area contributed by atoms with Crippen molar-refractivity contribution in [3.8, 4) is 55.6 Å². The van der Waals surface area contributed by atoms with Crippen molar-refractivity contribution >= 4 is 49.8 Å². The molecule has 0 amide bonds. The van der Waals surface area contributed by atoms with E-state index in [1.165, 1.54) is 49.7 Å². The molecule has 10 aromatic carbocycles. The van der Waals surface area contributed by atoms with Crippen molar-refractivity contribution in [3.05, 3.63) is 236 Å². The molecule has 298 valence electrons. The summed E-state index contributed by atoms with van der Waals surface area (Å²) in [6.45, 7) is 4.73. The number of anilines is 3. The predicted molar refractivity (Wildman–Crippen MR) is 265 cm³/mol. The monoisotopic (exact) mass is 805 g/mol. The molecule has 2 nitrogen and oxygen atoms in total. The Balaban J connectivity index is 1.10. The molecular formula is C61H43NO. The van der Waals surface area contributed by atoms with Crippen molar-refractivity contribution in [2.24, 2.45) is 0 Å². The second kappa shape index (κ2) is 14.6. The number of hydrogen-bond donors (Lipinski definition) is 0. The zero-order chi connectivity index (χ0) is 42.1. The molecule has 11 aromatic rings. The van der Waals surface area contributed by atoms with E-state index in [4.69, 9.17) is 4.42 Å². The van der Waals surface area contributed by atoms with Crippen LogP contribution >= 0.6 is 0 Å². The van der Waals surface area contributed by atoms with E-state index in [-0.39, 0.29) is 5.41 Å². The molecule has 63 heavy (non-hydrogen) atoms. The summed E-state index contributed by atoms with van der Waals surface area (Å²) in [7, 11) is 0. The molecule has 1 aromatic heterocycles. The number of furan rings is 1. The first-order chi connectivity index (χ1) is 31.0. The highest BCUT2D eigenvalue weighted by Crippen LogP contribution is 2.53. The van der Waals surface area contributed by atoms with E-state index >= 15 is 0 Å². The van der Waals surface area contributed by atoms with Crippen molar-refractivity contribution in [2.75, 3.05) is 4.90 Å². The van der Waals surface area contributed by atoms with E-state index in [1.807, 2.05) is 6.07 Å². The molecule has 0 spiro atoms. The van der Waals surface area contributed by atoms with E-state index in [0.29, 0.717) is 0 Å². The largest absolute Gasteiger partial charge is 0.455 e. The Kier molecular flexibility index (Phi) is 8.55. The Hall–Kier alpha value is -7.94. The molecule has 0 fully saturated rings. The van der Waals surface area contributed by atoms with Crippen molar-refractivity contribution < 1.29 is 4.42 Å². The maximum atomic E-state index is 6.72. The van der Waals surface area contributed by atoms with Gasteiger partial charge in [-0.1, -0.05) is 208 Å². The van der Waals surface area contributed by atoms with Crippen LogP contribution in [0.3, 0.4) is 0 Å². The summed E-state index contributed by atoms with van der Waals surface area (Å²) >= 11 is 0. The molecule has 0 radical (unpaired) electrons. The Morgan fingerprint density at radius 3 is 1.83 bits per heavy atom. The van der Waals surface area contributed by atoms with Crippen molar-refractivity contribution in [2.45, 2.75) is 19.3 Å². The highest BCUT2D eigenvalue weighted by atomic mass is 16.3. The van der Waals surface area contributed by atoms with Crippen molar-refractivity contribution in [3.63, 3.8) is 0 Å². The van der Waals surface area contributed by atoms with Crippen molar-refractivity contribution in [1.82, 2.24) is 0 Å². The van der Waals surface area contributed by atoms with Crippen LogP contribution in [0, 0.1) is 0 Å². The molecule has 0 saturated carbocycles. The fourth-order valence-corrected chi connectivity index (χ4v) is 10.4. The standard InChI is InChI=1S/C61H43NO/c1-61(2)55-30-11-8-22-49(55)52-27-15-26-48(59(52)61)42-33-36-44(37-34-42)62(56-31-12-9-23-50(56)53-28-16-29-54-51-24-10-13-32-58(51)63-60(53)54)57-39-43(35-38-47(57)41-17-4-3-5-18-41)46-25-14-20-40-19-6-7-21-45(40)46/h3-39H,1-2H3. The molecular weight excluding hydrogens is 763 g/mol. The van der Waals surface area contributed by atoms with Gasteiger partial charge in [0.25, 0.3) is 0 Å². The molecule has 2 heteroatoms. The Morgan fingerprint density at radius 1 is 0.365 bits per heavy atom. The lowest BCUT2D eigenvalue weighted by molar-refractivity contribution is 0.662. The minimum absolute atomic E-state index is 0.128. The molecule has 1 aliphatic carbocycles. The van der Waals surface area contributed by atoms with Crippen LogP contribution in [-0.4, -0.2) is 0 Å². The first-order valence-corrected chi connectivity index (χ1v) is 21.8. The number of hydrogen-bond acceptors (Lipinski definition) is 2. The van der Waals surface area contributed by atoms with E-state index in [9.17, 15) is 0 Å². The van der Waals surface area contributed by atoms with E-state index in [1.54, 1.807) is 0 Å². The van der Waals surface area contributed by atoms with Gasteiger partial charge in [0.05, 0.1) is 11.4 Å². The van der Waals surface area contributed by atoms with Crippen LogP contribution in [0.1, 0.15) is 25.0 Å². The number of para-hydroxylation sites is 3. The molecule has 12 rings (SSSR count). The van der Waals surface area contributed by atoms with Gasteiger partial charge in [-0.15, -0.1) is 0 Å². The Labute approximate surface area is 368 Å². The van der Waals surface area contributed by atoms with Crippen LogP contribution in [0.25, 0.3) is 88.3 Å². The fourth-order valence-electron chi connectivity index (χ4n) is 10.4. The molecule has 0 atom stereocenters. The van der Waals surface area contributed by atoms with Gasteiger partial charge in [-0.05, 0) is 91.2 Å². The highest BCUT2D eigenvalue weighted by Gasteiger charge is 2.37. The minimum Gasteiger partial charge on any atom is -0.455 e. The van der Waals surface area contributed by atoms with Crippen LogP contribution < -0.4 is 4.90 Å². The molecule has 1 heterocycles. The van der Waals surface area contributed by atoms with Gasteiger partial charge in [0.15, 0.2) is 0 Å². The Bertz CT molecular complexity index is 3530. The maximum Gasteiger partial charge on any atom is 0.143 e. The molecule has 0 unspecified atom stereocenters. The number of benzene rings is 10. The number of nitrogens with zero attached hydrogens (tertiary/aromatic N) is 1. The van der Waals surface area contributed by atoms with Gasteiger partial charge in [-0.25, -0.2) is 0 Å². The number of rotatable bonds is 7. The second-order valence-corrected chi connectivity index (χ2v) is 17.2. The van der Waals surface area contributed by atoms with Crippen LogP contribution in [-0.2, 0) is 5.41 Å². The zero-order valence-corrected chi connectivity index (χ0v) is 35.2. The average molecular weight is 806 g/mol. The summed E-state index contributed by atoms with van der Waals surface area (Å²) in [5, 5.41) is 4.68. The van der Waals surface area contributed by atoms with E-state index < -0.39 is 0 Å². The predicted octanol–water partition coefficient (Wildman–Crippen LogP) is 17.2. The Morgan fingerprint density at radius 2 is 0.952 bits per heavy atom. The summed E-state index contributed by atoms with van der Waals surface area (Å²) in [5.74, 6) is 0. The summed E-state index contributed by atoms with van der Waals surface area (Å²) in [6.07, 6.45) is 0. The lowest BCUT2D eigenvalue weighted by Gasteiger charge is -2.31. The molecule has 1 aliphatic rings. The van der Waals surface area contributed by atoms with Crippen LogP contribution in [0.15, 0.2) is 229 Å². The normalized spacial score (nSPS) is 12.7. The smallest absolute Gasteiger partial charge is 0.143 e. The molecule has 0 saturated heterocycles. The van der Waals surface area contributed by atoms with Gasteiger partial charge < -0.3 is 9.32 Å². The summed E-state index contributed by atoms with van der Waals surface area (Å²) in [4.78, 5) is 2.47. The third kappa shape index (κ3) is 5.94. The third-order valence-corrected chi connectivity index (χ3v) is 13.3. The lowest BCUT2D eigenvalue weighted by Crippen LogP contribution is -2.16.